The normalized spacial score (nSPS) is 20.2. The van der Waals surface area contributed by atoms with Gasteiger partial charge in [-0.1, -0.05) is 26.0 Å². The Balaban J connectivity index is 1.87. The largest absolute Gasteiger partial charge is 0.494 e. The molecule has 1 aliphatic rings. The van der Waals surface area contributed by atoms with Crippen molar-refractivity contribution in [3.05, 3.63) is 29.6 Å². The van der Waals surface area contributed by atoms with Crippen molar-refractivity contribution in [3.63, 3.8) is 0 Å². The predicted molar refractivity (Wildman–Crippen MR) is 81.9 cm³/mol. The first kappa shape index (κ1) is 16.2. The van der Waals surface area contributed by atoms with Crippen LogP contribution in [-0.2, 0) is 6.54 Å². The van der Waals surface area contributed by atoms with Crippen molar-refractivity contribution >= 4 is 0 Å². The number of methoxy groups -OCH3 is 1. The Morgan fingerprint density at radius 2 is 1.90 bits per heavy atom. The van der Waals surface area contributed by atoms with E-state index >= 15 is 0 Å². The summed E-state index contributed by atoms with van der Waals surface area (Å²) in [6.45, 7) is 5.38. The maximum Gasteiger partial charge on any atom is 0.169 e. The van der Waals surface area contributed by atoms with Crippen LogP contribution in [0.2, 0.25) is 0 Å². The molecule has 0 unspecified atom stereocenters. The van der Waals surface area contributed by atoms with Crippen LogP contribution in [0.25, 0.3) is 0 Å². The van der Waals surface area contributed by atoms with E-state index < -0.39 is 5.60 Å². The molecule has 0 bridgehead atoms. The van der Waals surface area contributed by atoms with Crippen molar-refractivity contribution in [1.29, 1.82) is 0 Å². The van der Waals surface area contributed by atoms with Crippen LogP contribution in [0.1, 0.15) is 45.1 Å². The monoisotopic (exact) mass is 295 g/mol. The minimum atomic E-state index is -0.662. The maximum absolute atomic E-state index is 14.0. The number of rotatable bonds is 5. The van der Waals surface area contributed by atoms with Crippen molar-refractivity contribution in [1.82, 2.24) is 5.32 Å². The number of ether oxygens (including phenoxy) is 1. The molecule has 2 rings (SSSR count). The van der Waals surface area contributed by atoms with Gasteiger partial charge < -0.3 is 15.2 Å². The van der Waals surface area contributed by atoms with E-state index in [1.165, 1.54) is 7.11 Å². The molecule has 4 heteroatoms. The van der Waals surface area contributed by atoms with Crippen LogP contribution in [0, 0.1) is 11.2 Å². The van der Waals surface area contributed by atoms with Gasteiger partial charge >= 0.3 is 0 Å². The molecule has 0 aliphatic heterocycles. The van der Waals surface area contributed by atoms with Gasteiger partial charge in [0.1, 0.15) is 0 Å². The highest BCUT2D eigenvalue weighted by molar-refractivity contribution is 5.30. The summed E-state index contributed by atoms with van der Waals surface area (Å²) in [5.74, 6) is -0.0725. The summed E-state index contributed by atoms with van der Waals surface area (Å²) < 4.78 is 19.0. The quantitative estimate of drug-likeness (QED) is 0.876. The van der Waals surface area contributed by atoms with Crippen molar-refractivity contribution in [2.45, 2.75) is 51.7 Å². The summed E-state index contributed by atoms with van der Waals surface area (Å²) in [6.07, 6.45) is 3.65. The summed E-state index contributed by atoms with van der Waals surface area (Å²) in [7, 11) is 1.46. The molecule has 3 nitrogen and oxygen atoms in total. The third-order valence-electron chi connectivity index (χ3n) is 4.57. The van der Waals surface area contributed by atoms with E-state index in [0.717, 1.165) is 25.7 Å². The van der Waals surface area contributed by atoms with Crippen LogP contribution in [-0.4, -0.2) is 24.4 Å². The first-order chi connectivity index (χ1) is 9.85. The molecule has 118 valence electrons. The highest BCUT2D eigenvalue weighted by Crippen LogP contribution is 2.39. The Labute approximate surface area is 126 Å². The Bertz CT molecular complexity index is 478. The van der Waals surface area contributed by atoms with E-state index in [2.05, 4.69) is 19.2 Å². The molecule has 2 N–H and O–H groups in total. The first-order valence-electron chi connectivity index (χ1n) is 7.60. The van der Waals surface area contributed by atoms with E-state index in [0.29, 0.717) is 24.1 Å². The molecule has 0 aromatic heterocycles. The van der Waals surface area contributed by atoms with Gasteiger partial charge in [0.25, 0.3) is 0 Å². The van der Waals surface area contributed by atoms with E-state index in [9.17, 15) is 9.50 Å². The van der Waals surface area contributed by atoms with Gasteiger partial charge in [-0.3, -0.25) is 0 Å². The van der Waals surface area contributed by atoms with E-state index in [1.54, 1.807) is 18.2 Å². The minimum Gasteiger partial charge on any atom is -0.494 e. The Kier molecular flexibility index (Phi) is 4.89. The molecular weight excluding hydrogens is 269 g/mol. The van der Waals surface area contributed by atoms with Crippen LogP contribution < -0.4 is 10.1 Å². The maximum atomic E-state index is 14.0. The SMILES string of the molecule is COc1cccc(CNCC2(O)CCC(C)(C)CC2)c1F. The molecule has 0 heterocycles. The number of nitrogens with one attached hydrogen (secondary N) is 1. The van der Waals surface area contributed by atoms with Crippen LogP contribution >= 0.6 is 0 Å². The van der Waals surface area contributed by atoms with Crippen LogP contribution in [0.3, 0.4) is 0 Å². The summed E-state index contributed by atoms with van der Waals surface area (Å²) >= 11 is 0. The van der Waals surface area contributed by atoms with Crippen LogP contribution in [0.4, 0.5) is 4.39 Å². The van der Waals surface area contributed by atoms with Gasteiger partial charge in [-0.2, -0.15) is 0 Å². The van der Waals surface area contributed by atoms with Gasteiger partial charge in [0.2, 0.25) is 0 Å². The van der Waals surface area contributed by atoms with Crippen LogP contribution in [0.15, 0.2) is 18.2 Å². The molecule has 1 aromatic rings. The second kappa shape index (κ2) is 6.32. The van der Waals surface area contributed by atoms with Crippen LogP contribution in [0.5, 0.6) is 5.75 Å². The van der Waals surface area contributed by atoms with Gasteiger partial charge in [0, 0.05) is 18.7 Å². The summed E-state index contributed by atoms with van der Waals surface area (Å²) in [5, 5.41) is 13.8. The molecule has 0 amide bonds. The Morgan fingerprint density at radius 3 is 2.52 bits per heavy atom. The van der Waals surface area contributed by atoms with Gasteiger partial charge in [-0.15, -0.1) is 0 Å². The Morgan fingerprint density at radius 1 is 1.24 bits per heavy atom. The summed E-state index contributed by atoms with van der Waals surface area (Å²) in [4.78, 5) is 0. The fourth-order valence-electron chi connectivity index (χ4n) is 2.85. The lowest BCUT2D eigenvalue weighted by Gasteiger charge is -2.40. The molecule has 0 atom stereocenters. The zero-order valence-electron chi connectivity index (χ0n) is 13.2. The standard InChI is InChI=1S/C17H26FNO2/c1-16(2)7-9-17(20,10-8-16)12-19-11-13-5-4-6-14(21-3)15(13)18/h4-6,19-20H,7-12H2,1-3H3. The van der Waals surface area contributed by atoms with Crippen molar-refractivity contribution in [3.8, 4) is 5.75 Å². The summed E-state index contributed by atoms with van der Waals surface area (Å²) in [5.41, 5.74) is 0.227. The third-order valence-corrected chi connectivity index (χ3v) is 4.57. The molecule has 1 aromatic carbocycles. The van der Waals surface area contributed by atoms with E-state index in [1.807, 2.05) is 0 Å². The third kappa shape index (κ3) is 4.17. The molecule has 0 spiro atoms. The van der Waals surface area contributed by atoms with Crippen molar-refractivity contribution < 1.29 is 14.2 Å². The lowest BCUT2D eigenvalue weighted by Crippen LogP contribution is -2.44. The lowest BCUT2D eigenvalue weighted by atomic mass is 9.71. The number of benzene rings is 1. The van der Waals surface area contributed by atoms with E-state index in [4.69, 9.17) is 4.74 Å². The minimum absolute atomic E-state index is 0.257. The number of hydrogen-bond acceptors (Lipinski definition) is 3. The first-order valence-corrected chi connectivity index (χ1v) is 7.60. The second-order valence-electron chi connectivity index (χ2n) is 6.93. The highest BCUT2D eigenvalue weighted by atomic mass is 19.1. The van der Waals surface area contributed by atoms with Gasteiger partial charge in [-0.25, -0.2) is 4.39 Å². The average molecular weight is 295 g/mol. The van der Waals surface area contributed by atoms with Gasteiger partial charge in [0.05, 0.1) is 12.7 Å². The second-order valence-corrected chi connectivity index (χ2v) is 6.93. The molecule has 21 heavy (non-hydrogen) atoms. The van der Waals surface area contributed by atoms with Crippen molar-refractivity contribution in [2.24, 2.45) is 5.41 Å². The summed E-state index contributed by atoms with van der Waals surface area (Å²) in [6, 6.07) is 5.12. The molecule has 1 aliphatic carbocycles. The topological polar surface area (TPSA) is 41.5 Å². The fourth-order valence-corrected chi connectivity index (χ4v) is 2.85. The average Bonchev–Trinajstić information content (AvgIpc) is 2.45. The smallest absolute Gasteiger partial charge is 0.169 e. The highest BCUT2D eigenvalue weighted by Gasteiger charge is 2.36. The molecule has 0 radical (unpaired) electrons. The van der Waals surface area contributed by atoms with Crippen molar-refractivity contribution in [2.75, 3.05) is 13.7 Å². The zero-order valence-corrected chi connectivity index (χ0v) is 13.2. The molecular formula is C17H26FNO2. The molecule has 1 fully saturated rings. The van der Waals surface area contributed by atoms with E-state index in [-0.39, 0.29) is 11.6 Å². The molecule has 1 saturated carbocycles. The van der Waals surface area contributed by atoms with Gasteiger partial charge in [-0.05, 0) is 37.2 Å². The predicted octanol–water partition coefficient (Wildman–Crippen LogP) is 3.26. The lowest BCUT2D eigenvalue weighted by molar-refractivity contribution is -0.0245. The zero-order chi connectivity index (χ0) is 15.5. The number of hydrogen-bond donors (Lipinski definition) is 2. The number of aliphatic hydroxyl groups is 1. The van der Waals surface area contributed by atoms with Gasteiger partial charge in [0.15, 0.2) is 11.6 Å². The fraction of sp³-hybridized carbons (Fsp3) is 0.647. The molecule has 0 saturated heterocycles. The Hall–Kier alpha value is -1.13. The number of halogens is 1.